The lowest BCUT2D eigenvalue weighted by molar-refractivity contribution is 0.0997. The van der Waals surface area contributed by atoms with Crippen LogP contribution in [0.25, 0.3) is 22.2 Å². The van der Waals surface area contributed by atoms with E-state index in [9.17, 15) is 9.18 Å². The molecule has 4 nitrogen and oxygen atoms in total. The number of fused-ring (bicyclic) bond motifs is 1. The minimum Gasteiger partial charge on any atom is -0.451 e. The standard InChI is InChI=1S/C20H13FN2O2/c21-15-8-2-1-7-14(15)17-10-11-18(25-17)20(24)23-16-9-3-5-13-6-4-12-22-19(13)16/h1-12H,(H,23,24). The number of pyridine rings is 1. The van der Waals surface area contributed by atoms with E-state index in [4.69, 9.17) is 4.42 Å². The quantitative estimate of drug-likeness (QED) is 0.581. The number of para-hydroxylation sites is 1. The fraction of sp³-hybridized carbons (Fsp3) is 0. The van der Waals surface area contributed by atoms with E-state index < -0.39 is 11.7 Å². The Bertz CT molecular complexity index is 1070. The Hall–Kier alpha value is -3.47. The van der Waals surface area contributed by atoms with Crippen LogP contribution in [0.1, 0.15) is 10.6 Å². The summed E-state index contributed by atoms with van der Waals surface area (Å²) in [5.41, 5.74) is 1.60. The molecule has 0 fully saturated rings. The number of rotatable bonds is 3. The van der Waals surface area contributed by atoms with Gasteiger partial charge in [-0.25, -0.2) is 4.39 Å². The number of furan rings is 1. The van der Waals surface area contributed by atoms with E-state index in [1.807, 2.05) is 24.3 Å². The number of hydrogen-bond donors (Lipinski definition) is 1. The van der Waals surface area contributed by atoms with Crippen molar-refractivity contribution in [2.45, 2.75) is 0 Å². The first-order valence-corrected chi connectivity index (χ1v) is 7.72. The average Bonchev–Trinajstić information content (AvgIpc) is 3.12. The molecule has 0 unspecified atom stereocenters. The number of carbonyl (C=O) groups is 1. The molecule has 2 aromatic heterocycles. The highest BCUT2D eigenvalue weighted by Crippen LogP contribution is 2.26. The molecule has 0 aliphatic rings. The molecule has 0 aliphatic heterocycles. The Morgan fingerprint density at radius 2 is 1.80 bits per heavy atom. The molecule has 0 atom stereocenters. The Balaban J connectivity index is 1.63. The molecule has 122 valence electrons. The highest BCUT2D eigenvalue weighted by Gasteiger charge is 2.15. The Kier molecular flexibility index (Phi) is 3.74. The molecule has 4 rings (SSSR count). The zero-order valence-corrected chi connectivity index (χ0v) is 13.1. The summed E-state index contributed by atoms with van der Waals surface area (Å²) < 4.78 is 19.4. The number of nitrogens with one attached hydrogen (secondary N) is 1. The largest absolute Gasteiger partial charge is 0.451 e. The van der Waals surface area contributed by atoms with Crippen LogP contribution >= 0.6 is 0 Å². The smallest absolute Gasteiger partial charge is 0.291 e. The van der Waals surface area contributed by atoms with Gasteiger partial charge in [0.2, 0.25) is 0 Å². The number of carbonyl (C=O) groups excluding carboxylic acids is 1. The molecule has 1 amide bonds. The first kappa shape index (κ1) is 15.1. The molecule has 2 heterocycles. The van der Waals surface area contributed by atoms with Gasteiger partial charge in [0.05, 0.1) is 16.8 Å². The van der Waals surface area contributed by atoms with Crippen molar-refractivity contribution in [3.05, 3.63) is 84.5 Å². The Labute approximate surface area is 142 Å². The van der Waals surface area contributed by atoms with Gasteiger partial charge in [-0.1, -0.05) is 30.3 Å². The van der Waals surface area contributed by atoms with E-state index in [1.165, 1.54) is 12.1 Å². The first-order chi connectivity index (χ1) is 12.2. The molecule has 2 aromatic carbocycles. The molecular formula is C20H13FN2O2. The molecule has 25 heavy (non-hydrogen) atoms. The van der Waals surface area contributed by atoms with Gasteiger partial charge in [0.1, 0.15) is 11.6 Å². The average molecular weight is 332 g/mol. The summed E-state index contributed by atoms with van der Waals surface area (Å²) in [7, 11) is 0. The molecule has 0 aliphatic carbocycles. The molecule has 0 saturated heterocycles. The second kappa shape index (κ2) is 6.20. The monoisotopic (exact) mass is 332 g/mol. The number of benzene rings is 2. The first-order valence-electron chi connectivity index (χ1n) is 7.72. The molecule has 0 spiro atoms. The Morgan fingerprint density at radius 1 is 0.960 bits per heavy atom. The van der Waals surface area contributed by atoms with Crippen LogP contribution < -0.4 is 5.32 Å². The van der Waals surface area contributed by atoms with Crippen LogP contribution in [-0.4, -0.2) is 10.9 Å². The summed E-state index contributed by atoms with van der Waals surface area (Å²) in [5, 5.41) is 3.71. The molecule has 0 saturated carbocycles. The van der Waals surface area contributed by atoms with Gasteiger partial charge < -0.3 is 9.73 Å². The third-order valence-corrected chi connectivity index (χ3v) is 3.85. The predicted octanol–water partition coefficient (Wildman–Crippen LogP) is 4.89. The molecule has 5 heteroatoms. The van der Waals surface area contributed by atoms with Gasteiger partial charge in [-0.3, -0.25) is 9.78 Å². The van der Waals surface area contributed by atoms with Crippen molar-refractivity contribution in [1.82, 2.24) is 4.98 Å². The minimum atomic E-state index is -0.416. The van der Waals surface area contributed by atoms with Gasteiger partial charge in [0.25, 0.3) is 5.91 Å². The molecular weight excluding hydrogens is 319 g/mol. The second-order valence-corrected chi connectivity index (χ2v) is 5.48. The van der Waals surface area contributed by atoms with Crippen LogP contribution in [-0.2, 0) is 0 Å². The predicted molar refractivity (Wildman–Crippen MR) is 93.8 cm³/mol. The van der Waals surface area contributed by atoms with E-state index in [-0.39, 0.29) is 5.76 Å². The van der Waals surface area contributed by atoms with Crippen molar-refractivity contribution in [3.8, 4) is 11.3 Å². The van der Waals surface area contributed by atoms with E-state index in [1.54, 1.807) is 36.5 Å². The summed E-state index contributed by atoms with van der Waals surface area (Å²) in [6, 6.07) is 18.6. The summed E-state index contributed by atoms with van der Waals surface area (Å²) in [6.07, 6.45) is 1.67. The van der Waals surface area contributed by atoms with E-state index in [0.29, 0.717) is 22.5 Å². The van der Waals surface area contributed by atoms with Gasteiger partial charge in [0, 0.05) is 11.6 Å². The highest BCUT2D eigenvalue weighted by atomic mass is 19.1. The van der Waals surface area contributed by atoms with Crippen molar-refractivity contribution < 1.29 is 13.6 Å². The fourth-order valence-corrected chi connectivity index (χ4v) is 2.65. The summed E-state index contributed by atoms with van der Waals surface area (Å²) in [4.78, 5) is 16.8. The molecule has 0 radical (unpaired) electrons. The SMILES string of the molecule is O=C(Nc1cccc2cccnc12)c1ccc(-c2ccccc2F)o1. The lowest BCUT2D eigenvalue weighted by Crippen LogP contribution is -2.11. The van der Waals surface area contributed by atoms with Crippen LogP contribution in [0.3, 0.4) is 0 Å². The number of aromatic nitrogens is 1. The van der Waals surface area contributed by atoms with Gasteiger partial charge in [-0.05, 0) is 36.4 Å². The van der Waals surface area contributed by atoms with Crippen LogP contribution in [0.4, 0.5) is 10.1 Å². The molecule has 1 N–H and O–H groups in total. The zero-order chi connectivity index (χ0) is 17.2. The highest BCUT2D eigenvalue weighted by molar-refractivity contribution is 6.07. The zero-order valence-electron chi connectivity index (χ0n) is 13.1. The maximum absolute atomic E-state index is 13.8. The Morgan fingerprint density at radius 3 is 2.68 bits per heavy atom. The van der Waals surface area contributed by atoms with Crippen molar-refractivity contribution in [2.75, 3.05) is 5.32 Å². The van der Waals surface area contributed by atoms with Crippen molar-refractivity contribution >= 4 is 22.5 Å². The minimum absolute atomic E-state index is 0.103. The summed E-state index contributed by atoms with van der Waals surface area (Å²) >= 11 is 0. The van der Waals surface area contributed by atoms with E-state index in [0.717, 1.165) is 5.39 Å². The number of anilines is 1. The van der Waals surface area contributed by atoms with Crippen molar-refractivity contribution in [3.63, 3.8) is 0 Å². The topological polar surface area (TPSA) is 55.1 Å². The van der Waals surface area contributed by atoms with Gasteiger partial charge in [-0.2, -0.15) is 0 Å². The maximum Gasteiger partial charge on any atom is 0.291 e. The summed E-state index contributed by atoms with van der Waals surface area (Å²) in [6.45, 7) is 0. The normalized spacial score (nSPS) is 10.8. The lowest BCUT2D eigenvalue weighted by Gasteiger charge is -2.06. The van der Waals surface area contributed by atoms with Crippen LogP contribution in [0, 0.1) is 5.82 Å². The van der Waals surface area contributed by atoms with Crippen LogP contribution in [0.2, 0.25) is 0 Å². The number of hydrogen-bond acceptors (Lipinski definition) is 3. The van der Waals surface area contributed by atoms with Crippen LogP contribution in [0.15, 0.2) is 77.3 Å². The lowest BCUT2D eigenvalue weighted by atomic mass is 10.1. The van der Waals surface area contributed by atoms with Gasteiger partial charge in [-0.15, -0.1) is 0 Å². The number of amides is 1. The van der Waals surface area contributed by atoms with Crippen LogP contribution in [0.5, 0.6) is 0 Å². The number of halogens is 1. The number of nitrogens with zero attached hydrogens (tertiary/aromatic N) is 1. The third kappa shape index (κ3) is 2.87. The summed E-state index contributed by atoms with van der Waals surface area (Å²) in [5.74, 6) is -0.409. The third-order valence-electron chi connectivity index (χ3n) is 3.85. The second-order valence-electron chi connectivity index (χ2n) is 5.48. The maximum atomic E-state index is 13.8. The molecule has 4 aromatic rings. The van der Waals surface area contributed by atoms with Crippen molar-refractivity contribution in [2.24, 2.45) is 0 Å². The molecule has 0 bridgehead atoms. The van der Waals surface area contributed by atoms with E-state index >= 15 is 0 Å². The fourth-order valence-electron chi connectivity index (χ4n) is 2.65. The van der Waals surface area contributed by atoms with Crippen molar-refractivity contribution in [1.29, 1.82) is 0 Å². The van der Waals surface area contributed by atoms with Gasteiger partial charge >= 0.3 is 0 Å². The van der Waals surface area contributed by atoms with E-state index in [2.05, 4.69) is 10.3 Å². The van der Waals surface area contributed by atoms with Gasteiger partial charge in [0.15, 0.2) is 5.76 Å².